The van der Waals surface area contributed by atoms with E-state index in [-0.39, 0.29) is 22.5 Å². The van der Waals surface area contributed by atoms with Crippen LogP contribution >= 0.6 is 0 Å². The van der Waals surface area contributed by atoms with Gasteiger partial charge in [-0.25, -0.2) is 4.79 Å². The molecule has 3 aromatic carbocycles. The van der Waals surface area contributed by atoms with Gasteiger partial charge in [-0.2, -0.15) is 0 Å². The molecule has 8 heteroatoms. The second kappa shape index (κ2) is 12.1. The van der Waals surface area contributed by atoms with Crippen molar-refractivity contribution in [1.82, 2.24) is 5.32 Å². The summed E-state index contributed by atoms with van der Waals surface area (Å²) in [5.74, 6) is 0.239. The number of carbonyl (C=O) groups excluding carboxylic acids is 1. The van der Waals surface area contributed by atoms with Crippen molar-refractivity contribution in [2.75, 3.05) is 32.5 Å². The minimum Gasteiger partial charge on any atom is -0.806 e. The Morgan fingerprint density at radius 3 is 2.20 bits per heavy atom. The van der Waals surface area contributed by atoms with Gasteiger partial charge >= 0.3 is 5.97 Å². The molecule has 0 fully saturated rings. The van der Waals surface area contributed by atoms with Crippen LogP contribution in [0.2, 0.25) is 0 Å². The molecule has 0 spiro atoms. The van der Waals surface area contributed by atoms with Crippen molar-refractivity contribution in [1.29, 1.82) is 0 Å². The normalized spacial score (nSPS) is 12.1. The molecule has 3 aromatic rings. The smallest absolute Gasteiger partial charge is 0.335 e. The standard InChI is InChI=1S/C27H31N3O5/c1-30(2,19-20-8-10-21(11-9-20)27(33)34)26(32)16-17-28-18-25(31)29-22-12-14-24(15-13-22)35-23-6-4-3-5-7-23/h3-15,26,28H,16-19H2,1-2H3,(H,29,31)(H,33,34). The minimum atomic E-state index is -0.976. The van der Waals surface area contributed by atoms with Crippen molar-refractivity contribution in [3.05, 3.63) is 90.0 Å². The van der Waals surface area contributed by atoms with Crippen LogP contribution in [0.5, 0.6) is 11.5 Å². The summed E-state index contributed by atoms with van der Waals surface area (Å²) in [5, 5.41) is 27.6. The van der Waals surface area contributed by atoms with E-state index >= 15 is 0 Å². The predicted octanol–water partition coefficient (Wildman–Crippen LogP) is 3.06. The van der Waals surface area contributed by atoms with Crippen LogP contribution in [0, 0.1) is 0 Å². The SMILES string of the molecule is C[N+](C)(Cc1ccc(C(=O)O)cc1)C([O-])CCNCC(=O)Nc1ccc(Oc2ccccc2)cc1. The molecule has 1 unspecified atom stereocenters. The first kappa shape index (κ1) is 25.9. The summed E-state index contributed by atoms with van der Waals surface area (Å²) >= 11 is 0. The van der Waals surface area contributed by atoms with Crippen LogP contribution in [0.15, 0.2) is 78.9 Å². The molecule has 3 rings (SSSR count). The van der Waals surface area contributed by atoms with E-state index in [9.17, 15) is 14.7 Å². The third kappa shape index (κ3) is 8.22. The Hall–Kier alpha value is -3.72. The van der Waals surface area contributed by atoms with Crippen LogP contribution < -0.4 is 20.5 Å². The molecule has 0 saturated heterocycles. The fourth-order valence-electron chi connectivity index (χ4n) is 3.54. The topological polar surface area (TPSA) is 111 Å². The first-order valence-corrected chi connectivity index (χ1v) is 11.4. The zero-order valence-corrected chi connectivity index (χ0v) is 19.9. The number of carbonyl (C=O) groups is 2. The maximum absolute atomic E-state index is 12.8. The number of nitrogens with zero attached hydrogens (tertiary/aromatic N) is 1. The van der Waals surface area contributed by atoms with Gasteiger partial charge in [-0.3, -0.25) is 4.79 Å². The molecule has 1 amide bonds. The molecule has 0 aromatic heterocycles. The van der Waals surface area contributed by atoms with E-state index in [4.69, 9.17) is 9.84 Å². The summed E-state index contributed by atoms with van der Waals surface area (Å²) in [6.07, 6.45) is -0.555. The number of benzene rings is 3. The van der Waals surface area contributed by atoms with Crippen LogP contribution in [0.4, 0.5) is 5.69 Å². The summed E-state index contributed by atoms with van der Waals surface area (Å²) < 4.78 is 5.95. The van der Waals surface area contributed by atoms with Gasteiger partial charge in [0.05, 0.1) is 26.2 Å². The number of carboxylic acid groups (broad SMARTS) is 1. The van der Waals surface area contributed by atoms with Crippen molar-refractivity contribution in [2.24, 2.45) is 0 Å². The van der Waals surface area contributed by atoms with Gasteiger partial charge in [-0.1, -0.05) is 30.3 Å². The van der Waals surface area contributed by atoms with Crippen LogP contribution in [-0.2, 0) is 11.3 Å². The molecule has 8 nitrogen and oxygen atoms in total. The second-order valence-corrected chi connectivity index (χ2v) is 8.85. The molecule has 0 aliphatic heterocycles. The maximum Gasteiger partial charge on any atom is 0.335 e. The van der Waals surface area contributed by atoms with E-state index in [1.807, 2.05) is 44.4 Å². The zero-order valence-electron chi connectivity index (χ0n) is 19.9. The average Bonchev–Trinajstić information content (AvgIpc) is 2.83. The van der Waals surface area contributed by atoms with Gasteiger partial charge in [-0.15, -0.1) is 0 Å². The first-order valence-electron chi connectivity index (χ1n) is 11.4. The summed E-state index contributed by atoms with van der Waals surface area (Å²) in [6, 6.07) is 23.1. The largest absolute Gasteiger partial charge is 0.806 e. The molecule has 0 heterocycles. The van der Waals surface area contributed by atoms with Crippen LogP contribution in [-0.4, -0.2) is 54.9 Å². The average molecular weight is 478 g/mol. The van der Waals surface area contributed by atoms with Crippen molar-refractivity contribution in [3.63, 3.8) is 0 Å². The lowest BCUT2D eigenvalue weighted by Gasteiger charge is -2.42. The second-order valence-electron chi connectivity index (χ2n) is 8.85. The Morgan fingerprint density at radius 2 is 1.57 bits per heavy atom. The summed E-state index contributed by atoms with van der Waals surface area (Å²) in [7, 11) is 3.70. The molecular formula is C27H31N3O5. The van der Waals surface area contributed by atoms with Crippen molar-refractivity contribution >= 4 is 17.6 Å². The summed E-state index contributed by atoms with van der Waals surface area (Å²) in [6.45, 7) is 0.989. The highest BCUT2D eigenvalue weighted by Gasteiger charge is 2.20. The minimum absolute atomic E-state index is 0.0963. The van der Waals surface area contributed by atoms with E-state index in [0.29, 0.717) is 30.9 Å². The van der Waals surface area contributed by atoms with E-state index < -0.39 is 12.2 Å². The predicted molar refractivity (Wildman–Crippen MR) is 132 cm³/mol. The first-order chi connectivity index (χ1) is 16.7. The number of carboxylic acids is 1. The number of aromatic carboxylic acids is 1. The zero-order chi connectivity index (χ0) is 25.3. The molecule has 0 radical (unpaired) electrons. The van der Waals surface area contributed by atoms with E-state index in [1.54, 1.807) is 48.5 Å². The maximum atomic E-state index is 12.8. The van der Waals surface area contributed by atoms with E-state index in [2.05, 4.69) is 10.6 Å². The fourth-order valence-corrected chi connectivity index (χ4v) is 3.54. The van der Waals surface area contributed by atoms with Gasteiger partial charge in [0, 0.05) is 17.5 Å². The van der Waals surface area contributed by atoms with Gasteiger partial charge < -0.3 is 30.1 Å². The summed E-state index contributed by atoms with van der Waals surface area (Å²) in [4.78, 5) is 23.2. The molecule has 184 valence electrons. The lowest BCUT2D eigenvalue weighted by Crippen LogP contribution is -2.56. The fraction of sp³-hybridized carbons (Fsp3) is 0.259. The van der Waals surface area contributed by atoms with Gasteiger partial charge in [-0.05, 0) is 61.5 Å². The number of rotatable bonds is 12. The number of anilines is 1. The number of ether oxygens (including phenoxy) is 1. The monoisotopic (exact) mass is 477 g/mol. The summed E-state index contributed by atoms with van der Waals surface area (Å²) in [5.41, 5.74) is 1.77. The Bertz CT molecular complexity index is 1100. The molecule has 3 N–H and O–H groups in total. The Balaban J connectivity index is 1.37. The Labute approximate surface area is 205 Å². The number of hydrogen-bond donors (Lipinski definition) is 3. The van der Waals surface area contributed by atoms with Crippen molar-refractivity contribution in [3.8, 4) is 11.5 Å². The molecule has 0 saturated carbocycles. The van der Waals surface area contributed by atoms with E-state index in [1.165, 1.54) is 0 Å². The quantitative estimate of drug-likeness (QED) is 0.210. The van der Waals surface area contributed by atoms with Crippen molar-refractivity contribution < 1.29 is 29.0 Å². The highest BCUT2D eigenvalue weighted by molar-refractivity contribution is 5.92. The Kier molecular flexibility index (Phi) is 8.97. The molecule has 0 bridgehead atoms. The Morgan fingerprint density at radius 1 is 0.943 bits per heavy atom. The number of quaternary nitrogens is 1. The number of amides is 1. The van der Waals surface area contributed by atoms with Gasteiger partial charge in [0.15, 0.2) is 0 Å². The number of para-hydroxylation sites is 1. The lowest BCUT2D eigenvalue weighted by atomic mass is 10.1. The van der Waals surface area contributed by atoms with Crippen LogP contribution in [0.3, 0.4) is 0 Å². The van der Waals surface area contributed by atoms with Crippen LogP contribution in [0.25, 0.3) is 0 Å². The van der Waals surface area contributed by atoms with Crippen molar-refractivity contribution in [2.45, 2.75) is 19.2 Å². The highest BCUT2D eigenvalue weighted by atomic mass is 16.5. The van der Waals surface area contributed by atoms with Crippen LogP contribution in [0.1, 0.15) is 22.3 Å². The van der Waals surface area contributed by atoms with Gasteiger partial charge in [0.1, 0.15) is 18.0 Å². The molecular weight excluding hydrogens is 446 g/mol. The molecule has 35 heavy (non-hydrogen) atoms. The lowest BCUT2D eigenvalue weighted by molar-refractivity contribution is -0.995. The third-order valence-electron chi connectivity index (χ3n) is 5.54. The van der Waals surface area contributed by atoms with E-state index in [0.717, 1.165) is 11.3 Å². The number of nitrogens with one attached hydrogen (secondary N) is 2. The highest BCUT2D eigenvalue weighted by Crippen LogP contribution is 2.22. The molecule has 0 aliphatic carbocycles. The van der Waals surface area contributed by atoms with Gasteiger partial charge in [0.2, 0.25) is 5.91 Å². The third-order valence-corrected chi connectivity index (χ3v) is 5.54. The molecule has 0 aliphatic rings. The number of hydrogen-bond acceptors (Lipinski definition) is 5. The molecule has 1 atom stereocenters. The van der Waals surface area contributed by atoms with Gasteiger partial charge in [0.25, 0.3) is 0 Å².